The van der Waals surface area contributed by atoms with E-state index in [0.717, 1.165) is 0 Å². The van der Waals surface area contributed by atoms with E-state index in [4.69, 9.17) is 35.4 Å². The van der Waals surface area contributed by atoms with Crippen molar-refractivity contribution in [3.05, 3.63) is 0 Å². The summed E-state index contributed by atoms with van der Waals surface area (Å²) in [6.45, 7) is 0. The summed E-state index contributed by atoms with van der Waals surface area (Å²) in [5.74, 6) is 0. The van der Waals surface area contributed by atoms with Crippen molar-refractivity contribution in [1.29, 1.82) is 0 Å². The number of rotatable bonds is 5. The Morgan fingerprint density at radius 2 is 1.13 bits per heavy atom. The number of hydrogen-bond donors (Lipinski definition) is 4. The van der Waals surface area contributed by atoms with E-state index in [-0.39, 0.29) is 0 Å². The van der Waals surface area contributed by atoms with E-state index >= 15 is 0 Å². The van der Waals surface area contributed by atoms with Crippen LogP contribution in [-0.2, 0) is 35.4 Å². The Hall–Kier alpha value is 4.01. The molecule has 0 spiro atoms. The highest BCUT2D eigenvalue weighted by Gasteiger charge is 2.38. The SMILES string of the molecule is CSP(=S)(SC)N(P(=S)(S)S)P(=S)(S)S. The molecule has 0 aromatic carbocycles. The first-order valence-electron chi connectivity index (χ1n) is 3.13. The van der Waals surface area contributed by atoms with Crippen molar-refractivity contribution >= 4 is 121 Å². The third-order valence-electron chi connectivity index (χ3n) is 1.15. The van der Waals surface area contributed by atoms with Gasteiger partial charge < -0.3 is 0 Å². The van der Waals surface area contributed by atoms with Crippen LogP contribution in [0.3, 0.4) is 0 Å². The Bertz CT molecular complexity index is 322. The van der Waals surface area contributed by atoms with Crippen LogP contribution in [0.5, 0.6) is 0 Å². The predicted molar refractivity (Wildman–Crippen MR) is 108 cm³/mol. The van der Waals surface area contributed by atoms with E-state index in [1.165, 1.54) is 0 Å². The Balaban J connectivity index is 5.63. The normalized spacial score (nSPS) is 14.6. The monoisotopic (exact) mass is 429 g/mol. The first kappa shape index (κ1) is 19.0. The van der Waals surface area contributed by atoms with E-state index < -0.39 is 13.8 Å². The van der Waals surface area contributed by atoms with Crippen LogP contribution in [0.15, 0.2) is 0 Å². The van der Waals surface area contributed by atoms with Gasteiger partial charge in [-0.15, -0.1) is 71.8 Å². The average molecular weight is 430 g/mol. The van der Waals surface area contributed by atoms with Crippen LogP contribution in [0, 0.1) is 0 Å². The van der Waals surface area contributed by atoms with E-state index in [9.17, 15) is 0 Å². The molecule has 0 N–H and O–H groups in total. The lowest BCUT2D eigenvalue weighted by molar-refractivity contribution is 1.27. The van der Waals surface area contributed by atoms with E-state index in [1.54, 1.807) is 22.8 Å². The molecule has 0 aromatic heterocycles. The van der Waals surface area contributed by atoms with Gasteiger partial charge in [-0.3, -0.25) is 0 Å². The Labute approximate surface area is 136 Å². The van der Waals surface area contributed by atoms with E-state index in [0.29, 0.717) is 0 Å². The second-order valence-corrected chi connectivity index (χ2v) is 32.3. The minimum Gasteiger partial charge on any atom is -0.166 e. The molecule has 0 aromatic rings. The topological polar surface area (TPSA) is 3.24 Å². The highest BCUT2D eigenvalue weighted by atomic mass is 33.3. The fraction of sp³-hybridized carbons (Fsp3) is 1.00. The third kappa shape index (κ3) is 5.88. The summed E-state index contributed by atoms with van der Waals surface area (Å²) in [6.07, 6.45) is 3.90. The molecule has 0 fully saturated rings. The minimum absolute atomic E-state index is 1.58. The standard InChI is InChI=1S/C2H10NP3S9/c1-14-6(13,15-2)3(4(7,8)9)5(10,11)12/h1-2H3,(H2,7,8,9)(H2,10,11,12). The van der Waals surface area contributed by atoms with Crippen molar-refractivity contribution in [1.82, 2.24) is 4.21 Å². The smallest absolute Gasteiger partial charge is 0.130 e. The third-order valence-corrected chi connectivity index (χ3v) is 28.0. The number of hydrogen-bond acceptors (Lipinski definition) is 5. The first-order chi connectivity index (χ1) is 6.49. The molecule has 0 rings (SSSR count). The van der Waals surface area contributed by atoms with E-state index in [1.807, 2.05) is 16.7 Å². The van der Waals surface area contributed by atoms with Crippen molar-refractivity contribution < 1.29 is 0 Å². The fourth-order valence-corrected chi connectivity index (χ4v) is 41.4. The molecule has 0 saturated carbocycles. The molecule has 0 aliphatic carbocycles. The Morgan fingerprint density at radius 1 is 0.867 bits per heavy atom. The van der Waals surface area contributed by atoms with Gasteiger partial charge >= 0.3 is 0 Å². The molecule has 0 radical (unpaired) electrons. The average Bonchev–Trinajstić information content (AvgIpc) is 1.98. The van der Waals surface area contributed by atoms with Crippen LogP contribution in [0.2, 0.25) is 0 Å². The molecule has 1 nitrogen and oxygen atoms in total. The van der Waals surface area contributed by atoms with Gasteiger partial charge in [-0.2, -0.15) is 4.21 Å². The van der Waals surface area contributed by atoms with Crippen LogP contribution >= 0.6 is 85.5 Å². The molecule has 0 aliphatic rings. The zero-order chi connectivity index (χ0) is 12.5. The van der Waals surface area contributed by atoms with Crippen molar-refractivity contribution in [3.8, 4) is 0 Å². The van der Waals surface area contributed by atoms with Gasteiger partial charge in [-0.05, 0) is 12.5 Å². The van der Waals surface area contributed by atoms with Gasteiger partial charge in [0, 0.05) is 0 Å². The molecule has 13 heteroatoms. The van der Waals surface area contributed by atoms with Crippen molar-refractivity contribution in [3.63, 3.8) is 0 Å². The number of thiol groups is 4. The Kier molecular flexibility index (Phi) is 9.05. The van der Waals surface area contributed by atoms with Gasteiger partial charge in [0.25, 0.3) is 0 Å². The van der Waals surface area contributed by atoms with Crippen LogP contribution in [0.4, 0.5) is 0 Å². The molecule has 0 amide bonds. The Morgan fingerprint density at radius 3 is 1.20 bits per heavy atom. The second kappa shape index (κ2) is 7.14. The molecular weight excluding hydrogens is 420 g/mol. The molecule has 0 bridgehead atoms. The zero-order valence-corrected chi connectivity index (χ0v) is 18.0. The van der Waals surface area contributed by atoms with Gasteiger partial charge in [-0.25, -0.2) is 0 Å². The molecule has 0 atom stereocenters. The fourth-order valence-electron chi connectivity index (χ4n) is 0.658. The lowest BCUT2D eigenvalue weighted by atomic mass is 12.0. The summed E-state index contributed by atoms with van der Waals surface area (Å²) >= 11 is 36.8. The van der Waals surface area contributed by atoms with Gasteiger partial charge in [-0.1, -0.05) is 35.4 Å². The van der Waals surface area contributed by atoms with Crippen LogP contribution in [-0.4, -0.2) is 16.7 Å². The maximum Gasteiger partial charge on any atom is 0.130 e. The van der Waals surface area contributed by atoms with Gasteiger partial charge in [0.2, 0.25) is 0 Å². The molecule has 0 heterocycles. The highest BCUT2D eigenvalue weighted by molar-refractivity contribution is 9.07. The van der Waals surface area contributed by atoms with Crippen LogP contribution in [0.25, 0.3) is 0 Å². The highest BCUT2D eigenvalue weighted by Crippen LogP contribution is 2.91. The number of nitrogens with zero attached hydrogens (tertiary/aromatic N) is 1. The van der Waals surface area contributed by atoms with Crippen molar-refractivity contribution in [2.75, 3.05) is 12.5 Å². The zero-order valence-electron chi connectivity index (χ0n) is 7.62. The summed E-state index contributed by atoms with van der Waals surface area (Å²) in [7, 11) is 0. The maximum atomic E-state index is 5.61. The van der Waals surface area contributed by atoms with Crippen molar-refractivity contribution in [2.45, 2.75) is 0 Å². The summed E-state index contributed by atoms with van der Waals surface area (Å²) in [6, 6.07) is 0. The summed E-state index contributed by atoms with van der Waals surface area (Å²) in [4.78, 5) is 0. The molecule has 15 heavy (non-hydrogen) atoms. The molecular formula is C2H10NP3S9. The van der Waals surface area contributed by atoms with Crippen molar-refractivity contribution in [2.24, 2.45) is 0 Å². The maximum absolute atomic E-state index is 5.61. The van der Waals surface area contributed by atoms with Gasteiger partial charge in [0.15, 0.2) is 0 Å². The molecule has 0 unspecified atom stereocenters. The molecule has 92 valence electrons. The summed E-state index contributed by atoms with van der Waals surface area (Å²) in [5, 5.41) is 0. The second-order valence-electron chi connectivity index (χ2n) is 2.13. The quantitative estimate of drug-likeness (QED) is 0.340. The predicted octanol–water partition coefficient (Wildman–Crippen LogP) is 5.41. The summed E-state index contributed by atoms with van der Waals surface area (Å²) < 4.78 is -4.72. The molecule has 0 saturated heterocycles. The van der Waals surface area contributed by atoms with Crippen LogP contribution in [0.1, 0.15) is 0 Å². The molecule has 0 aliphatic heterocycles. The van der Waals surface area contributed by atoms with E-state index in [2.05, 4.69) is 49.0 Å². The van der Waals surface area contributed by atoms with Gasteiger partial charge in [0.1, 0.15) is 13.8 Å². The van der Waals surface area contributed by atoms with Crippen LogP contribution < -0.4 is 0 Å². The lowest BCUT2D eigenvalue weighted by Gasteiger charge is -2.39. The largest absolute Gasteiger partial charge is 0.166 e. The first-order valence-corrected chi connectivity index (χ1v) is 19.7. The van der Waals surface area contributed by atoms with Gasteiger partial charge in [0.05, 0.1) is 0 Å². The summed E-state index contributed by atoms with van der Waals surface area (Å²) in [5.41, 5.74) is 0. The lowest BCUT2D eigenvalue weighted by Crippen LogP contribution is -2.00. The minimum atomic E-state index is -2.30.